The van der Waals surface area contributed by atoms with E-state index in [-0.39, 0.29) is 26.3 Å². The maximum absolute atomic E-state index is 13.0. The van der Waals surface area contributed by atoms with E-state index in [0.717, 1.165) is 19.3 Å². The maximum atomic E-state index is 13.0. The first-order chi connectivity index (χ1) is 16.7. The summed E-state index contributed by atoms with van der Waals surface area (Å²) in [6.45, 7) is 0.875. The van der Waals surface area contributed by atoms with Crippen molar-refractivity contribution in [2.45, 2.75) is 29.1 Å². The number of carbonyl (C=O) groups excluding carboxylic acids is 1. The van der Waals surface area contributed by atoms with Crippen LogP contribution in [0.25, 0.3) is 0 Å². The van der Waals surface area contributed by atoms with E-state index < -0.39 is 26.0 Å². The number of benzene rings is 2. The molecule has 184 valence electrons. The Labute approximate surface area is 208 Å². The van der Waals surface area contributed by atoms with Crippen LogP contribution in [0.15, 0.2) is 70.7 Å². The lowest BCUT2D eigenvalue weighted by molar-refractivity contribution is 0.102. The van der Waals surface area contributed by atoms with Crippen molar-refractivity contribution in [3.05, 3.63) is 71.5 Å². The summed E-state index contributed by atoms with van der Waals surface area (Å²) in [5, 5.41) is 2.70. The van der Waals surface area contributed by atoms with Gasteiger partial charge in [-0.2, -0.15) is 4.31 Å². The van der Waals surface area contributed by atoms with E-state index >= 15 is 0 Å². The number of nitrogens with one attached hydrogen (secondary N) is 2. The number of piperidine rings is 1. The van der Waals surface area contributed by atoms with Crippen LogP contribution in [0.3, 0.4) is 0 Å². The number of aromatic nitrogens is 2. The molecule has 0 saturated carbocycles. The second-order valence-corrected chi connectivity index (χ2v) is 11.8. The third-order valence-corrected chi connectivity index (χ3v) is 8.92. The number of amides is 1. The highest BCUT2D eigenvalue weighted by molar-refractivity contribution is 7.92. The molecule has 0 spiro atoms. The van der Waals surface area contributed by atoms with Crippen molar-refractivity contribution in [2.75, 3.05) is 23.1 Å². The van der Waals surface area contributed by atoms with E-state index in [9.17, 15) is 21.6 Å². The monoisotopic (exact) mass is 535 g/mol. The molecule has 0 atom stereocenters. The molecule has 2 aromatic carbocycles. The van der Waals surface area contributed by atoms with E-state index in [4.69, 9.17) is 11.6 Å². The number of nitrogens with zero attached hydrogens (tertiary/aromatic N) is 3. The Bertz CT molecular complexity index is 1430. The lowest BCUT2D eigenvalue weighted by Crippen LogP contribution is -2.35. The van der Waals surface area contributed by atoms with Crippen molar-refractivity contribution in [3.8, 4) is 0 Å². The van der Waals surface area contributed by atoms with Crippen LogP contribution in [0.1, 0.15) is 29.6 Å². The van der Waals surface area contributed by atoms with Crippen molar-refractivity contribution < 1.29 is 21.6 Å². The van der Waals surface area contributed by atoms with Gasteiger partial charge < -0.3 is 5.32 Å². The number of halogens is 1. The highest BCUT2D eigenvalue weighted by atomic mass is 35.5. The number of carbonyl (C=O) groups is 1. The minimum Gasteiger partial charge on any atom is -0.322 e. The first kappa shape index (κ1) is 25.0. The standard InChI is InChI=1S/C22H22ClN5O5S2/c23-20-10-9-18(35(32,33)28-13-2-1-3-14-28)15-19(20)21(29)26-16-5-7-17(8-6-16)34(30,31)27-22-24-11-4-12-25-22/h4-12,15H,1-3,13-14H2,(H,26,29)(H,24,25,27). The fraction of sp³-hybridized carbons (Fsp3) is 0.227. The van der Waals surface area contributed by atoms with Gasteiger partial charge in [0.1, 0.15) is 0 Å². The zero-order valence-corrected chi connectivity index (χ0v) is 20.8. The smallest absolute Gasteiger partial charge is 0.264 e. The van der Waals surface area contributed by atoms with Crippen LogP contribution in [-0.2, 0) is 20.0 Å². The zero-order chi connectivity index (χ0) is 25.1. The Morgan fingerprint density at radius 2 is 1.51 bits per heavy atom. The lowest BCUT2D eigenvalue weighted by atomic mass is 10.2. The zero-order valence-electron chi connectivity index (χ0n) is 18.4. The third kappa shape index (κ3) is 5.78. The number of hydrogen-bond acceptors (Lipinski definition) is 7. The molecule has 1 amide bonds. The van der Waals surface area contributed by atoms with Crippen molar-refractivity contribution in [3.63, 3.8) is 0 Å². The average molecular weight is 536 g/mol. The van der Waals surface area contributed by atoms with Gasteiger partial charge in [-0.1, -0.05) is 18.0 Å². The second-order valence-electron chi connectivity index (χ2n) is 7.76. The third-order valence-electron chi connectivity index (χ3n) is 5.35. The van der Waals surface area contributed by atoms with Crippen molar-refractivity contribution in [1.29, 1.82) is 0 Å². The summed E-state index contributed by atoms with van der Waals surface area (Å²) >= 11 is 6.19. The highest BCUT2D eigenvalue weighted by Gasteiger charge is 2.27. The molecule has 0 unspecified atom stereocenters. The van der Waals surface area contributed by atoms with Gasteiger partial charge in [-0.05, 0) is 61.4 Å². The van der Waals surface area contributed by atoms with E-state index in [0.29, 0.717) is 18.8 Å². The predicted molar refractivity (Wildman–Crippen MR) is 131 cm³/mol. The minimum atomic E-state index is -3.93. The molecule has 1 saturated heterocycles. The first-order valence-corrected chi connectivity index (χ1v) is 14.0. The quantitative estimate of drug-likeness (QED) is 0.473. The molecule has 35 heavy (non-hydrogen) atoms. The van der Waals surface area contributed by atoms with Crippen LogP contribution in [0, 0.1) is 0 Å². The fourth-order valence-electron chi connectivity index (χ4n) is 3.54. The predicted octanol–water partition coefficient (Wildman–Crippen LogP) is 3.36. The lowest BCUT2D eigenvalue weighted by Gasteiger charge is -2.26. The summed E-state index contributed by atoms with van der Waals surface area (Å²) in [5.74, 6) is -0.698. The molecule has 2 heterocycles. The summed E-state index contributed by atoms with van der Waals surface area (Å²) in [7, 11) is -7.68. The maximum Gasteiger partial charge on any atom is 0.264 e. The summed E-state index contributed by atoms with van der Waals surface area (Å²) in [4.78, 5) is 20.4. The van der Waals surface area contributed by atoms with Crippen LogP contribution in [-0.4, -0.2) is 50.1 Å². The molecule has 2 N–H and O–H groups in total. The summed E-state index contributed by atoms with van der Waals surface area (Å²) in [5.41, 5.74) is 0.287. The van der Waals surface area contributed by atoms with Crippen molar-refractivity contribution in [2.24, 2.45) is 0 Å². The normalized spacial score (nSPS) is 14.9. The van der Waals surface area contributed by atoms with Crippen LogP contribution in [0.5, 0.6) is 0 Å². The molecule has 10 nitrogen and oxygen atoms in total. The number of hydrogen-bond donors (Lipinski definition) is 2. The molecule has 1 aromatic heterocycles. The van der Waals surface area contributed by atoms with Gasteiger partial charge in [0, 0.05) is 31.2 Å². The van der Waals surface area contributed by atoms with Gasteiger partial charge in [0.15, 0.2) is 0 Å². The summed E-state index contributed by atoms with van der Waals surface area (Å²) in [6, 6.07) is 11.0. The minimum absolute atomic E-state index is 0.00963. The van der Waals surface area contributed by atoms with Gasteiger partial charge in [-0.25, -0.2) is 31.5 Å². The Kier molecular flexibility index (Phi) is 7.36. The number of rotatable bonds is 7. The molecule has 1 aliphatic rings. The van der Waals surface area contributed by atoms with Crippen molar-refractivity contribution >= 4 is 49.2 Å². The highest BCUT2D eigenvalue weighted by Crippen LogP contribution is 2.26. The molecule has 4 rings (SSSR count). The number of anilines is 2. The molecule has 0 bridgehead atoms. The molecule has 1 fully saturated rings. The topological polar surface area (TPSA) is 138 Å². The Balaban J connectivity index is 1.50. The van der Waals surface area contributed by atoms with Crippen LogP contribution >= 0.6 is 11.6 Å². The molecular formula is C22H22ClN5O5S2. The second kappa shape index (κ2) is 10.3. The van der Waals surface area contributed by atoms with E-state index in [1.807, 2.05) is 0 Å². The average Bonchev–Trinajstić information content (AvgIpc) is 2.85. The summed E-state index contributed by atoms with van der Waals surface area (Å²) in [6.07, 6.45) is 5.37. The van der Waals surface area contributed by atoms with Gasteiger partial charge >= 0.3 is 0 Å². The Hall–Kier alpha value is -3.06. The molecule has 13 heteroatoms. The SMILES string of the molecule is O=C(Nc1ccc(S(=O)(=O)Nc2ncccn2)cc1)c1cc(S(=O)(=O)N2CCCCC2)ccc1Cl. The van der Waals surface area contributed by atoms with Gasteiger partial charge in [0.2, 0.25) is 16.0 Å². The number of sulfonamides is 2. The summed E-state index contributed by atoms with van der Waals surface area (Å²) < 4.78 is 54.6. The molecule has 1 aliphatic heterocycles. The van der Waals surface area contributed by atoms with Gasteiger partial charge in [0.25, 0.3) is 15.9 Å². The molecule has 3 aromatic rings. The molecule has 0 aliphatic carbocycles. The van der Waals surface area contributed by atoms with E-state index in [1.54, 1.807) is 6.07 Å². The van der Waals surface area contributed by atoms with Gasteiger partial charge in [-0.3, -0.25) is 4.79 Å². The Morgan fingerprint density at radius 3 is 2.17 bits per heavy atom. The van der Waals surface area contributed by atoms with E-state index in [1.165, 1.54) is 59.2 Å². The van der Waals surface area contributed by atoms with Crippen molar-refractivity contribution in [1.82, 2.24) is 14.3 Å². The van der Waals surface area contributed by atoms with Crippen LogP contribution in [0.4, 0.5) is 11.6 Å². The van der Waals surface area contributed by atoms with Gasteiger partial charge in [0.05, 0.1) is 20.4 Å². The first-order valence-electron chi connectivity index (χ1n) is 10.7. The van der Waals surface area contributed by atoms with E-state index in [2.05, 4.69) is 20.0 Å². The fourth-order valence-corrected chi connectivity index (χ4v) is 6.25. The van der Waals surface area contributed by atoms with Gasteiger partial charge in [-0.15, -0.1) is 0 Å². The largest absolute Gasteiger partial charge is 0.322 e. The van der Waals surface area contributed by atoms with Crippen LogP contribution in [0.2, 0.25) is 5.02 Å². The molecule has 0 radical (unpaired) electrons. The Morgan fingerprint density at radius 1 is 0.886 bits per heavy atom. The van der Waals surface area contributed by atoms with Crippen LogP contribution < -0.4 is 10.0 Å². The molecular weight excluding hydrogens is 514 g/mol.